The third kappa shape index (κ3) is 4.04. The lowest BCUT2D eigenvalue weighted by Gasteiger charge is -2.02. The predicted molar refractivity (Wildman–Crippen MR) is 74.3 cm³/mol. The van der Waals surface area contributed by atoms with Crippen molar-refractivity contribution in [1.82, 2.24) is 4.98 Å². The van der Waals surface area contributed by atoms with Crippen LogP contribution in [-0.4, -0.2) is 16.0 Å². The molecular weight excluding hydrogens is 240 g/mol. The van der Waals surface area contributed by atoms with Crippen LogP contribution in [0.5, 0.6) is 0 Å². The number of carbonyl (C=O) groups is 1. The number of nitrogens with one attached hydrogen (secondary N) is 1. The number of anilines is 1. The maximum Gasteiger partial charge on any atom is 0.249 e. The first kappa shape index (κ1) is 13.0. The first-order valence-electron chi connectivity index (χ1n) is 5.88. The van der Waals surface area contributed by atoms with E-state index in [0.717, 1.165) is 5.56 Å². The molecular formula is C15H14N2O2. The summed E-state index contributed by atoms with van der Waals surface area (Å²) in [7, 11) is 0. The number of carbonyl (C=O) groups excluding carboxylic acids is 1. The molecule has 4 nitrogen and oxygen atoms in total. The van der Waals surface area contributed by atoms with Gasteiger partial charge >= 0.3 is 0 Å². The van der Waals surface area contributed by atoms with E-state index in [1.807, 2.05) is 30.3 Å². The zero-order valence-corrected chi connectivity index (χ0v) is 10.3. The highest BCUT2D eigenvalue weighted by Crippen LogP contribution is 2.07. The van der Waals surface area contributed by atoms with Crippen LogP contribution in [0.2, 0.25) is 0 Å². The summed E-state index contributed by atoms with van der Waals surface area (Å²) in [5.41, 5.74) is 1.66. The van der Waals surface area contributed by atoms with Crippen LogP contribution >= 0.6 is 0 Å². The number of benzene rings is 1. The van der Waals surface area contributed by atoms with Crippen molar-refractivity contribution in [3.05, 3.63) is 65.9 Å². The smallest absolute Gasteiger partial charge is 0.249 e. The number of aliphatic hydroxyl groups is 1. The predicted octanol–water partition coefficient (Wildman–Crippen LogP) is 2.23. The second kappa shape index (κ2) is 6.47. The molecule has 0 saturated heterocycles. The van der Waals surface area contributed by atoms with Crippen LogP contribution in [0.3, 0.4) is 0 Å². The van der Waals surface area contributed by atoms with Gasteiger partial charge in [0.1, 0.15) is 5.82 Å². The van der Waals surface area contributed by atoms with Gasteiger partial charge < -0.3 is 10.4 Å². The zero-order chi connectivity index (χ0) is 13.5. The van der Waals surface area contributed by atoms with Crippen molar-refractivity contribution in [1.29, 1.82) is 0 Å². The average Bonchev–Trinajstić information content (AvgIpc) is 2.46. The van der Waals surface area contributed by atoms with Crippen molar-refractivity contribution in [3.8, 4) is 0 Å². The van der Waals surface area contributed by atoms with E-state index in [4.69, 9.17) is 5.11 Å². The van der Waals surface area contributed by atoms with Crippen LogP contribution in [0, 0.1) is 0 Å². The summed E-state index contributed by atoms with van der Waals surface area (Å²) >= 11 is 0. The zero-order valence-electron chi connectivity index (χ0n) is 10.3. The Balaban J connectivity index is 1.99. The van der Waals surface area contributed by atoms with E-state index in [1.54, 1.807) is 24.4 Å². The number of hydrogen-bond donors (Lipinski definition) is 2. The van der Waals surface area contributed by atoms with Gasteiger partial charge in [0, 0.05) is 12.3 Å². The molecule has 96 valence electrons. The van der Waals surface area contributed by atoms with E-state index < -0.39 is 0 Å². The SMILES string of the molecule is O=C(/C=C/c1ccccc1)Nc1cc(CO)ccn1. The fourth-order valence-corrected chi connectivity index (χ4v) is 1.54. The molecule has 2 aromatic rings. The molecule has 0 fully saturated rings. The van der Waals surface area contributed by atoms with Gasteiger partial charge in [0.2, 0.25) is 5.91 Å². The molecule has 1 aromatic heterocycles. The third-order valence-corrected chi connectivity index (χ3v) is 2.48. The number of aromatic nitrogens is 1. The first-order chi connectivity index (χ1) is 9.28. The molecule has 0 radical (unpaired) electrons. The quantitative estimate of drug-likeness (QED) is 0.822. The number of rotatable bonds is 4. The van der Waals surface area contributed by atoms with Crippen LogP contribution in [0.1, 0.15) is 11.1 Å². The Morgan fingerprint density at radius 3 is 2.79 bits per heavy atom. The fraction of sp³-hybridized carbons (Fsp3) is 0.0667. The molecule has 0 bridgehead atoms. The summed E-state index contributed by atoms with van der Waals surface area (Å²) in [6.07, 6.45) is 4.72. The van der Waals surface area contributed by atoms with Crippen LogP contribution in [0.15, 0.2) is 54.7 Å². The molecule has 0 atom stereocenters. The van der Waals surface area contributed by atoms with Crippen molar-refractivity contribution in [2.75, 3.05) is 5.32 Å². The average molecular weight is 254 g/mol. The lowest BCUT2D eigenvalue weighted by atomic mass is 10.2. The van der Waals surface area contributed by atoms with E-state index in [9.17, 15) is 4.79 Å². The number of aliphatic hydroxyl groups excluding tert-OH is 1. The van der Waals surface area contributed by atoms with E-state index >= 15 is 0 Å². The highest BCUT2D eigenvalue weighted by atomic mass is 16.3. The number of nitrogens with zero attached hydrogens (tertiary/aromatic N) is 1. The molecule has 1 amide bonds. The summed E-state index contributed by atoms with van der Waals surface area (Å²) in [6, 6.07) is 12.9. The number of amides is 1. The van der Waals surface area contributed by atoms with Crippen LogP contribution < -0.4 is 5.32 Å². The van der Waals surface area contributed by atoms with Crippen LogP contribution in [0.4, 0.5) is 5.82 Å². The van der Waals surface area contributed by atoms with Crippen LogP contribution in [0.25, 0.3) is 6.08 Å². The van der Waals surface area contributed by atoms with Crippen molar-refractivity contribution < 1.29 is 9.90 Å². The van der Waals surface area contributed by atoms with Gasteiger partial charge in [0.15, 0.2) is 0 Å². The van der Waals surface area contributed by atoms with Gasteiger partial charge in [-0.3, -0.25) is 4.79 Å². The van der Waals surface area contributed by atoms with Gasteiger partial charge in [-0.25, -0.2) is 4.98 Å². The molecule has 2 rings (SSSR count). The molecule has 0 saturated carbocycles. The number of hydrogen-bond acceptors (Lipinski definition) is 3. The summed E-state index contributed by atoms with van der Waals surface area (Å²) in [5, 5.41) is 11.6. The third-order valence-electron chi connectivity index (χ3n) is 2.48. The summed E-state index contributed by atoms with van der Waals surface area (Å²) in [6.45, 7) is -0.0781. The Morgan fingerprint density at radius 2 is 2.05 bits per heavy atom. The first-order valence-corrected chi connectivity index (χ1v) is 5.88. The lowest BCUT2D eigenvalue weighted by Crippen LogP contribution is -2.09. The topological polar surface area (TPSA) is 62.2 Å². The summed E-state index contributed by atoms with van der Waals surface area (Å²) in [4.78, 5) is 15.7. The van der Waals surface area contributed by atoms with Gasteiger partial charge in [-0.05, 0) is 29.3 Å². The van der Waals surface area contributed by atoms with E-state index in [2.05, 4.69) is 10.3 Å². The molecule has 19 heavy (non-hydrogen) atoms. The monoisotopic (exact) mass is 254 g/mol. The number of pyridine rings is 1. The Bertz CT molecular complexity index is 580. The molecule has 0 aliphatic heterocycles. The van der Waals surface area contributed by atoms with Gasteiger partial charge in [-0.2, -0.15) is 0 Å². The molecule has 0 aliphatic rings. The van der Waals surface area contributed by atoms with Crippen molar-refractivity contribution >= 4 is 17.8 Å². The van der Waals surface area contributed by atoms with E-state index in [1.165, 1.54) is 6.08 Å². The van der Waals surface area contributed by atoms with Crippen LogP contribution in [-0.2, 0) is 11.4 Å². The Labute approximate surface area is 111 Å². The highest BCUT2D eigenvalue weighted by molar-refractivity contribution is 6.01. The lowest BCUT2D eigenvalue weighted by molar-refractivity contribution is -0.111. The maximum absolute atomic E-state index is 11.7. The largest absolute Gasteiger partial charge is 0.392 e. The molecule has 0 unspecified atom stereocenters. The minimum atomic E-state index is -0.258. The Hall–Kier alpha value is -2.46. The van der Waals surface area contributed by atoms with Gasteiger partial charge in [-0.15, -0.1) is 0 Å². The second-order valence-electron chi connectivity index (χ2n) is 3.94. The normalized spacial score (nSPS) is 10.6. The molecule has 1 heterocycles. The molecule has 0 aliphatic carbocycles. The van der Waals surface area contributed by atoms with Crippen molar-refractivity contribution in [3.63, 3.8) is 0 Å². The minimum absolute atomic E-state index is 0.0781. The molecule has 1 aromatic carbocycles. The van der Waals surface area contributed by atoms with E-state index in [-0.39, 0.29) is 12.5 Å². The van der Waals surface area contributed by atoms with Gasteiger partial charge in [-0.1, -0.05) is 30.3 Å². The molecule has 4 heteroatoms. The standard InChI is InChI=1S/C15H14N2O2/c18-11-13-8-9-16-14(10-13)17-15(19)7-6-12-4-2-1-3-5-12/h1-10,18H,11H2,(H,16,17,19)/b7-6+. The van der Waals surface area contributed by atoms with Gasteiger partial charge in [0.25, 0.3) is 0 Å². The Morgan fingerprint density at radius 1 is 1.26 bits per heavy atom. The van der Waals surface area contributed by atoms with Crippen molar-refractivity contribution in [2.45, 2.75) is 6.61 Å². The van der Waals surface area contributed by atoms with E-state index in [0.29, 0.717) is 11.4 Å². The highest BCUT2D eigenvalue weighted by Gasteiger charge is 2.00. The molecule has 2 N–H and O–H groups in total. The second-order valence-corrected chi connectivity index (χ2v) is 3.94. The fourth-order valence-electron chi connectivity index (χ4n) is 1.54. The molecule has 0 spiro atoms. The van der Waals surface area contributed by atoms with Gasteiger partial charge in [0.05, 0.1) is 6.61 Å². The minimum Gasteiger partial charge on any atom is -0.392 e. The Kier molecular flexibility index (Phi) is 4.42. The van der Waals surface area contributed by atoms with Crippen molar-refractivity contribution in [2.24, 2.45) is 0 Å². The summed E-state index contributed by atoms with van der Waals surface area (Å²) in [5.74, 6) is 0.167. The summed E-state index contributed by atoms with van der Waals surface area (Å²) < 4.78 is 0. The maximum atomic E-state index is 11.7.